The van der Waals surface area contributed by atoms with Crippen molar-refractivity contribution in [2.24, 2.45) is 0 Å². The van der Waals surface area contributed by atoms with Gasteiger partial charge in [-0.2, -0.15) is 0 Å². The van der Waals surface area contributed by atoms with Gasteiger partial charge in [0.05, 0.1) is 40.9 Å². The van der Waals surface area contributed by atoms with Crippen molar-refractivity contribution in [2.75, 3.05) is 14.2 Å². The minimum Gasteiger partial charge on any atom is -0.489 e. The molecule has 0 bridgehead atoms. The van der Waals surface area contributed by atoms with Crippen LogP contribution in [0, 0.1) is 0 Å². The first-order valence-electron chi connectivity index (χ1n) is 13.0. The summed E-state index contributed by atoms with van der Waals surface area (Å²) < 4.78 is 21.5. The highest BCUT2D eigenvalue weighted by Crippen LogP contribution is 2.39. The zero-order valence-corrected chi connectivity index (χ0v) is 24.7. The highest BCUT2D eigenvalue weighted by Gasteiger charge is 2.24. The van der Waals surface area contributed by atoms with Crippen molar-refractivity contribution in [3.8, 4) is 28.1 Å². The first-order chi connectivity index (χ1) is 20.2. The summed E-state index contributed by atoms with van der Waals surface area (Å²) in [6.07, 6.45) is 0. The van der Waals surface area contributed by atoms with Gasteiger partial charge in [-0.1, -0.05) is 72.5 Å². The fourth-order valence-electron chi connectivity index (χ4n) is 4.63. The minimum atomic E-state index is -0.651. The molecule has 0 saturated heterocycles. The Bertz CT molecular complexity index is 1780. The molecule has 0 atom stereocenters. The molecule has 0 aliphatic heterocycles. The number of rotatable bonds is 8. The molecule has 0 saturated carbocycles. The molecule has 0 aliphatic carbocycles. The van der Waals surface area contributed by atoms with E-state index >= 15 is 0 Å². The Morgan fingerprint density at radius 1 is 0.881 bits per heavy atom. The number of hydrogen-bond acceptors (Lipinski definition) is 8. The van der Waals surface area contributed by atoms with Gasteiger partial charge in [-0.25, -0.2) is 14.6 Å². The summed E-state index contributed by atoms with van der Waals surface area (Å²) in [6.45, 7) is 4.22. The number of benzene rings is 3. The van der Waals surface area contributed by atoms with Gasteiger partial charge in [0.2, 0.25) is 0 Å². The standard InChI is InChI=1S/C32H26Cl2N2O6/c1-17(2)30-23(29(36-42-30)28-24(33)6-5-7-25(28)34)16-41-20-11-8-18(9-12-20)19-10-13-21-22(31(37)39-3)15-27(32(38)40-4)35-26(21)14-19/h5-15,17H,16H2,1-4H3. The monoisotopic (exact) mass is 604 g/mol. The summed E-state index contributed by atoms with van der Waals surface area (Å²) in [5.41, 5.74) is 4.32. The number of carbonyl (C=O) groups is 2. The van der Waals surface area contributed by atoms with Crippen molar-refractivity contribution in [3.63, 3.8) is 0 Å². The van der Waals surface area contributed by atoms with Crippen LogP contribution in [0.25, 0.3) is 33.3 Å². The molecule has 0 fully saturated rings. The summed E-state index contributed by atoms with van der Waals surface area (Å²) in [4.78, 5) is 29.0. The number of ether oxygens (including phenoxy) is 3. The maximum atomic E-state index is 12.4. The van der Waals surface area contributed by atoms with Crippen molar-refractivity contribution in [3.05, 3.63) is 99.4 Å². The predicted octanol–water partition coefficient (Wildman–Crippen LogP) is 8.14. The van der Waals surface area contributed by atoms with E-state index in [-0.39, 0.29) is 23.8 Å². The maximum Gasteiger partial charge on any atom is 0.356 e. The third kappa shape index (κ3) is 5.68. The van der Waals surface area contributed by atoms with Crippen LogP contribution in [0.5, 0.6) is 5.75 Å². The van der Waals surface area contributed by atoms with Crippen LogP contribution < -0.4 is 4.74 Å². The molecule has 0 amide bonds. The molecule has 2 heterocycles. The molecule has 5 aromatic rings. The molecular formula is C32H26Cl2N2O6. The highest BCUT2D eigenvalue weighted by molar-refractivity contribution is 6.39. The fourth-order valence-corrected chi connectivity index (χ4v) is 5.21. The lowest BCUT2D eigenvalue weighted by atomic mass is 10.0. The number of esters is 2. The van der Waals surface area contributed by atoms with Crippen LogP contribution in [0.1, 0.15) is 51.9 Å². The summed E-state index contributed by atoms with van der Waals surface area (Å²) in [5.74, 6) is 0.164. The molecule has 214 valence electrons. The van der Waals surface area contributed by atoms with E-state index in [0.29, 0.717) is 43.7 Å². The Balaban J connectivity index is 1.43. The van der Waals surface area contributed by atoms with E-state index in [9.17, 15) is 9.59 Å². The average Bonchev–Trinajstić information content (AvgIpc) is 3.42. The Hall–Kier alpha value is -4.40. The van der Waals surface area contributed by atoms with E-state index in [0.717, 1.165) is 16.7 Å². The van der Waals surface area contributed by atoms with E-state index in [1.165, 1.54) is 20.3 Å². The minimum absolute atomic E-state index is 0.0123. The van der Waals surface area contributed by atoms with Crippen LogP contribution in [-0.2, 0) is 16.1 Å². The SMILES string of the molecule is COC(=O)c1cc(C(=O)OC)c2ccc(-c3ccc(OCc4c(-c5c(Cl)cccc5Cl)noc4C(C)C)cc3)cc2n1. The molecule has 3 aromatic carbocycles. The molecule has 5 rings (SSSR count). The number of nitrogens with zero attached hydrogens (tertiary/aromatic N) is 2. The molecule has 10 heteroatoms. The van der Waals surface area contributed by atoms with E-state index in [1.807, 2.05) is 44.2 Å². The van der Waals surface area contributed by atoms with Crippen LogP contribution in [0.4, 0.5) is 0 Å². The number of fused-ring (bicyclic) bond motifs is 1. The normalized spacial score (nSPS) is 11.1. The van der Waals surface area contributed by atoms with E-state index < -0.39 is 11.9 Å². The Morgan fingerprint density at radius 2 is 1.55 bits per heavy atom. The third-order valence-electron chi connectivity index (χ3n) is 6.72. The van der Waals surface area contributed by atoms with Gasteiger partial charge in [0.1, 0.15) is 29.5 Å². The maximum absolute atomic E-state index is 12.4. The Morgan fingerprint density at radius 3 is 2.19 bits per heavy atom. The lowest BCUT2D eigenvalue weighted by Crippen LogP contribution is -2.09. The molecule has 42 heavy (non-hydrogen) atoms. The second kappa shape index (κ2) is 12.2. The smallest absolute Gasteiger partial charge is 0.356 e. The fraction of sp³-hybridized carbons (Fsp3) is 0.188. The molecule has 0 N–H and O–H groups in total. The third-order valence-corrected chi connectivity index (χ3v) is 7.35. The van der Waals surface area contributed by atoms with Gasteiger partial charge in [0.25, 0.3) is 0 Å². The van der Waals surface area contributed by atoms with Crippen LogP contribution in [0.3, 0.4) is 0 Å². The number of pyridine rings is 1. The molecule has 2 aromatic heterocycles. The van der Waals surface area contributed by atoms with E-state index in [4.69, 9.17) is 41.9 Å². The number of halogens is 2. The topological polar surface area (TPSA) is 101 Å². The summed E-state index contributed by atoms with van der Waals surface area (Å²) in [7, 11) is 2.54. The van der Waals surface area contributed by atoms with E-state index in [2.05, 4.69) is 10.1 Å². The largest absolute Gasteiger partial charge is 0.489 e. The number of carbonyl (C=O) groups excluding carboxylic acids is 2. The van der Waals surface area contributed by atoms with Crippen LogP contribution in [-0.4, -0.2) is 36.3 Å². The van der Waals surface area contributed by atoms with Crippen LogP contribution in [0.2, 0.25) is 10.0 Å². The second-order valence-corrected chi connectivity index (χ2v) is 10.5. The molecule has 0 spiro atoms. The second-order valence-electron chi connectivity index (χ2n) is 9.71. The van der Waals surface area contributed by atoms with Crippen molar-refractivity contribution in [1.29, 1.82) is 0 Å². The molecule has 0 aliphatic rings. The summed E-state index contributed by atoms with van der Waals surface area (Å²) >= 11 is 12.9. The number of aromatic nitrogens is 2. The first kappa shape index (κ1) is 29.1. The lowest BCUT2D eigenvalue weighted by Gasteiger charge is -2.12. The summed E-state index contributed by atoms with van der Waals surface area (Å²) in [6, 6.07) is 19.6. The van der Waals surface area contributed by atoms with Crippen molar-refractivity contribution in [1.82, 2.24) is 10.1 Å². The lowest BCUT2D eigenvalue weighted by molar-refractivity contribution is 0.0594. The zero-order chi connectivity index (χ0) is 30.0. The first-order valence-corrected chi connectivity index (χ1v) is 13.7. The molecule has 0 unspecified atom stereocenters. The molecular weight excluding hydrogens is 579 g/mol. The zero-order valence-electron chi connectivity index (χ0n) is 23.2. The van der Waals surface area contributed by atoms with E-state index in [1.54, 1.807) is 30.3 Å². The van der Waals surface area contributed by atoms with Gasteiger partial charge in [0.15, 0.2) is 0 Å². The average molecular weight is 605 g/mol. The van der Waals surface area contributed by atoms with Gasteiger partial charge >= 0.3 is 11.9 Å². The molecule has 0 radical (unpaired) electrons. The van der Waals surface area contributed by atoms with Gasteiger partial charge < -0.3 is 18.7 Å². The van der Waals surface area contributed by atoms with Crippen LogP contribution in [0.15, 0.2) is 71.3 Å². The quantitative estimate of drug-likeness (QED) is 0.163. The number of methoxy groups -OCH3 is 2. The Kier molecular flexibility index (Phi) is 8.47. The predicted molar refractivity (Wildman–Crippen MR) is 160 cm³/mol. The van der Waals surface area contributed by atoms with Crippen molar-refractivity contribution in [2.45, 2.75) is 26.4 Å². The van der Waals surface area contributed by atoms with Crippen molar-refractivity contribution < 1.29 is 28.3 Å². The molecule has 8 nitrogen and oxygen atoms in total. The van der Waals surface area contributed by atoms with Gasteiger partial charge in [-0.15, -0.1) is 0 Å². The van der Waals surface area contributed by atoms with Gasteiger partial charge in [0, 0.05) is 16.9 Å². The van der Waals surface area contributed by atoms with Crippen LogP contribution >= 0.6 is 23.2 Å². The summed E-state index contributed by atoms with van der Waals surface area (Å²) in [5, 5.41) is 5.78. The van der Waals surface area contributed by atoms with Gasteiger partial charge in [-0.3, -0.25) is 0 Å². The van der Waals surface area contributed by atoms with Crippen molar-refractivity contribution >= 4 is 46.0 Å². The Labute approximate surface area is 252 Å². The highest BCUT2D eigenvalue weighted by atomic mass is 35.5. The number of hydrogen-bond donors (Lipinski definition) is 0. The van der Waals surface area contributed by atoms with Gasteiger partial charge in [-0.05, 0) is 47.5 Å².